The van der Waals surface area contributed by atoms with Gasteiger partial charge in [-0.2, -0.15) is 0 Å². The number of rotatable bonds is 7. The number of nitrogens with zero attached hydrogens (tertiary/aromatic N) is 1. The molecular formula is C22H28N2O3. The van der Waals surface area contributed by atoms with Gasteiger partial charge < -0.3 is 14.8 Å². The second kappa shape index (κ2) is 9.53. The van der Waals surface area contributed by atoms with E-state index >= 15 is 0 Å². The Morgan fingerprint density at radius 1 is 1.11 bits per heavy atom. The van der Waals surface area contributed by atoms with Crippen molar-refractivity contribution in [3.63, 3.8) is 0 Å². The topological polar surface area (TPSA) is 50.8 Å². The van der Waals surface area contributed by atoms with Crippen LogP contribution in [-0.4, -0.2) is 44.2 Å². The van der Waals surface area contributed by atoms with E-state index in [2.05, 4.69) is 17.1 Å². The molecule has 1 N–H and O–H groups in total. The minimum absolute atomic E-state index is 0.0172. The molecule has 0 unspecified atom stereocenters. The molecule has 1 aliphatic rings. The third kappa shape index (κ3) is 5.31. The fraction of sp³-hybridized carbons (Fsp3) is 0.409. The second-order valence-corrected chi connectivity index (χ2v) is 6.79. The number of hydrogen-bond donors (Lipinski definition) is 1. The Kier molecular flexibility index (Phi) is 6.85. The first-order valence-electron chi connectivity index (χ1n) is 9.53. The number of nitrogens with one attached hydrogen (secondary N) is 1. The summed E-state index contributed by atoms with van der Waals surface area (Å²) in [5.41, 5.74) is 2.99. The lowest BCUT2D eigenvalue weighted by Gasteiger charge is -2.26. The predicted octanol–water partition coefficient (Wildman–Crippen LogP) is 3.41. The highest BCUT2D eigenvalue weighted by Gasteiger charge is 2.15. The molecule has 5 nitrogen and oxygen atoms in total. The lowest BCUT2D eigenvalue weighted by atomic mass is 10.0. The molecule has 1 fully saturated rings. The van der Waals surface area contributed by atoms with Crippen LogP contribution in [0.5, 0.6) is 5.75 Å². The molecule has 1 aliphatic heterocycles. The molecule has 0 bridgehead atoms. The van der Waals surface area contributed by atoms with Crippen LogP contribution >= 0.6 is 0 Å². The summed E-state index contributed by atoms with van der Waals surface area (Å²) < 4.78 is 10.6. The smallest absolute Gasteiger partial charge is 0.251 e. The molecule has 0 aliphatic carbocycles. The van der Waals surface area contributed by atoms with Crippen LogP contribution in [0.4, 0.5) is 0 Å². The van der Waals surface area contributed by atoms with Crippen LogP contribution in [0.3, 0.4) is 0 Å². The quantitative estimate of drug-likeness (QED) is 0.814. The number of ether oxygens (including phenoxy) is 2. The summed E-state index contributed by atoms with van der Waals surface area (Å²) in [6, 6.07) is 15.7. The molecule has 1 amide bonds. The van der Waals surface area contributed by atoms with Gasteiger partial charge in [0.05, 0.1) is 26.4 Å². The number of carbonyl (C=O) groups excluding carboxylic acids is 1. The number of hydrogen-bond acceptors (Lipinski definition) is 4. The summed E-state index contributed by atoms with van der Waals surface area (Å²) >= 11 is 0. The lowest BCUT2D eigenvalue weighted by Crippen LogP contribution is -2.35. The monoisotopic (exact) mass is 368 g/mol. The van der Waals surface area contributed by atoms with Crippen LogP contribution in [0, 0.1) is 0 Å². The van der Waals surface area contributed by atoms with Gasteiger partial charge in [0.25, 0.3) is 5.91 Å². The Balaban J connectivity index is 1.60. The van der Waals surface area contributed by atoms with E-state index in [1.54, 1.807) is 7.11 Å². The molecule has 0 aromatic heterocycles. The van der Waals surface area contributed by atoms with Gasteiger partial charge in [0.15, 0.2) is 0 Å². The minimum atomic E-state index is -0.0457. The normalized spacial score (nSPS) is 15.9. The van der Waals surface area contributed by atoms with E-state index in [0.29, 0.717) is 5.56 Å². The van der Waals surface area contributed by atoms with E-state index in [1.807, 2.05) is 48.5 Å². The van der Waals surface area contributed by atoms with Gasteiger partial charge in [-0.05, 0) is 41.8 Å². The SMILES string of the molecule is CC[C@@H](NC(=O)c1ccc(CN2CCOCC2)cc1)c1ccc(OC)cc1. The summed E-state index contributed by atoms with van der Waals surface area (Å²) in [5, 5.41) is 3.13. The van der Waals surface area contributed by atoms with Gasteiger partial charge >= 0.3 is 0 Å². The Bertz CT molecular complexity index is 722. The van der Waals surface area contributed by atoms with Crippen molar-refractivity contribution in [1.29, 1.82) is 0 Å². The zero-order chi connectivity index (χ0) is 19.1. The molecule has 0 radical (unpaired) electrons. The maximum absolute atomic E-state index is 12.6. The first kappa shape index (κ1) is 19.4. The average Bonchev–Trinajstić information content (AvgIpc) is 2.73. The van der Waals surface area contributed by atoms with Crippen molar-refractivity contribution in [3.8, 4) is 5.75 Å². The van der Waals surface area contributed by atoms with Gasteiger partial charge in [-0.3, -0.25) is 9.69 Å². The van der Waals surface area contributed by atoms with Crippen LogP contribution in [0.1, 0.15) is 40.9 Å². The van der Waals surface area contributed by atoms with Crippen molar-refractivity contribution in [3.05, 3.63) is 65.2 Å². The molecule has 144 valence electrons. The van der Waals surface area contributed by atoms with E-state index in [1.165, 1.54) is 5.56 Å². The third-order valence-corrected chi connectivity index (χ3v) is 4.96. The Morgan fingerprint density at radius 3 is 2.37 bits per heavy atom. The highest BCUT2D eigenvalue weighted by Crippen LogP contribution is 2.21. The molecule has 2 aromatic carbocycles. The number of methoxy groups -OCH3 is 1. The van der Waals surface area contributed by atoms with Crippen LogP contribution < -0.4 is 10.1 Å². The third-order valence-electron chi connectivity index (χ3n) is 4.96. The average molecular weight is 368 g/mol. The standard InChI is InChI=1S/C22H28N2O3/c1-3-21(18-8-10-20(26-2)11-9-18)23-22(25)19-6-4-17(5-7-19)16-24-12-14-27-15-13-24/h4-11,21H,3,12-16H2,1-2H3,(H,23,25)/t21-/m1/s1. The first-order valence-corrected chi connectivity index (χ1v) is 9.53. The largest absolute Gasteiger partial charge is 0.497 e. The number of amides is 1. The van der Waals surface area contributed by atoms with Crippen molar-refractivity contribution < 1.29 is 14.3 Å². The summed E-state index contributed by atoms with van der Waals surface area (Å²) in [6.07, 6.45) is 0.827. The molecule has 3 rings (SSSR count). The van der Waals surface area contributed by atoms with Gasteiger partial charge in [0, 0.05) is 25.2 Å². The van der Waals surface area contributed by atoms with E-state index in [0.717, 1.165) is 50.6 Å². The molecule has 1 atom stereocenters. The predicted molar refractivity (Wildman–Crippen MR) is 106 cm³/mol. The Labute approximate surface area is 161 Å². The van der Waals surface area contributed by atoms with E-state index < -0.39 is 0 Å². The summed E-state index contributed by atoms with van der Waals surface area (Å²) in [6.45, 7) is 6.48. The molecule has 27 heavy (non-hydrogen) atoms. The molecule has 1 heterocycles. The maximum atomic E-state index is 12.6. The molecule has 0 spiro atoms. The second-order valence-electron chi connectivity index (χ2n) is 6.79. The maximum Gasteiger partial charge on any atom is 0.251 e. The lowest BCUT2D eigenvalue weighted by molar-refractivity contribution is 0.0342. The van der Waals surface area contributed by atoms with Crippen LogP contribution in [0.15, 0.2) is 48.5 Å². The van der Waals surface area contributed by atoms with Gasteiger partial charge in [-0.25, -0.2) is 0 Å². The molecule has 2 aromatic rings. The summed E-state index contributed by atoms with van der Waals surface area (Å²) in [4.78, 5) is 15.0. The van der Waals surface area contributed by atoms with Gasteiger partial charge in [0.2, 0.25) is 0 Å². The van der Waals surface area contributed by atoms with Crippen molar-refractivity contribution in [2.75, 3.05) is 33.4 Å². The van der Waals surface area contributed by atoms with E-state index in [4.69, 9.17) is 9.47 Å². The molecular weight excluding hydrogens is 340 g/mol. The molecule has 0 saturated carbocycles. The minimum Gasteiger partial charge on any atom is -0.497 e. The van der Waals surface area contributed by atoms with Crippen molar-refractivity contribution >= 4 is 5.91 Å². The highest BCUT2D eigenvalue weighted by molar-refractivity contribution is 5.94. The first-order chi connectivity index (χ1) is 13.2. The number of morpholine rings is 1. The van der Waals surface area contributed by atoms with E-state index in [9.17, 15) is 4.79 Å². The fourth-order valence-electron chi connectivity index (χ4n) is 3.28. The van der Waals surface area contributed by atoms with Crippen molar-refractivity contribution in [2.24, 2.45) is 0 Å². The Hall–Kier alpha value is -2.37. The van der Waals surface area contributed by atoms with Crippen LogP contribution in [-0.2, 0) is 11.3 Å². The van der Waals surface area contributed by atoms with Crippen molar-refractivity contribution in [1.82, 2.24) is 10.2 Å². The van der Waals surface area contributed by atoms with Crippen molar-refractivity contribution in [2.45, 2.75) is 25.9 Å². The van der Waals surface area contributed by atoms with Gasteiger partial charge in [0.1, 0.15) is 5.75 Å². The summed E-state index contributed by atoms with van der Waals surface area (Å²) in [7, 11) is 1.65. The van der Waals surface area contributed by atoms with Crippen LogP contribution in [0.2, 0.25) is 0 Å². The highest BCUT2D eigenvalue weighted by atomic mass is 16.5. The molecule has 5 heteroatoms. The molecule has 1 saturated heterocycles. The van der Waals surface area contributed by atoms with Crippen LogP contribution in [0.25, 0.3) is 0 Å². The van der Waals surface area contributed by atoms with E-state index in [-0.39, 0.29) is 11.9 Å². The fourth-order valence-corrected chi connectivity index (χ4v) is 3.28. The van der Waals surface area contributed by atoms with Gasteiger partial charge in [-0.15, -0.1) is 0 Å². The zero-order valence-corrected chi connectivity index (χ0v) is 16.1. The number of carbonyl (C=O) groups is 1. The van der Waals surface area contributed by atoms with Gasteiger partial charge in [-0.1, -0.05) is 31.2 Å². The Morgan fingerprint density at radius 2 is 1.78 bits per heavy atom. The zero-order valence-electron chi connectivity index (χ0n) is 16.1. The number of benzene rings is 2. The summed E-state index contributed by atoms with van der Waals surface area (Å²) in [5.74, 6) is 0.770.